The molecular formula is C4H6N2O3. The molecule has 3 N–H and O–H groups in total. The standard InChI is InChI=1S/C4H6N2O3/c7-2-1-3(8)6-4(9)5-2/h4,9H,1H2,(H,5,7)(H,6,8). The quantitative estimate of drug-likeness (QED) is 0.328. The van der Waals surface area contributed by atoms with E-state index in [4.69, 9.17) is 5.11 Å². The SMILES string of the molecule is O=C1CC(=O)NC(O)N1. The molecule has 1 fully saturated rings. The molecule has 0 aromatic carbocycles. The molecule has 5 heteroatoms. The van der Waals surface area contributed by atoms with Crippen LogP contribution in [0.3, 0.4) is 0 Å². The van der Waals surface area contributed by atoms with Gasteiger partial charge in [0.1, 0.15) is 6.42 Å². The molecule has 0 saturated carbocycles. The number of rotatable bonds is 0. The molecule has 1 aliphatic heterocycles. The van der Waals surface area contributed by atoms with Crippen LogP contribution >= 0.6 is 0 Å². The molecule has 0 bridgehead atoms. The van der Waals surface area contributed by atoms with E-state index in [2.05, 4.69) is 10.6 Å². The second-order valence-corrected chi connectivity index (χ2v) is 1.71. The fraction of sp³-hybridized carbons (Fsp3) is 0.500. The van der Waals surface area contributed by atoms with E-state index in [1.54, 1.807) is 0 Å². The Morgan fingerprint density at radius 2 is 1.78 bits per heavy atom. The molecule has 5 nitrogen and oxygen atoms in total. The first-order valence-electron chi connectivity index (χ1n) is 2.45. The van der Waals surface area contributed by atoms with Gasteiger partial charge in [-0.2, -0.15) is 0 Å². The summed E-state index contributed by atoms with van der Waals surface area (Å²) in [6.07, 6.45) is -1.41. The van der Waals surface area contributed by atoms with Crippen LogP contribution < -0.4 is 10.6 Å². The molecule has 0 aliphatic carbocycles. The summed E-state index contributed by atoms with van der Waals surface area (Å²) in [5.41, 5.74) is 0. The summed E-state index contributed by atoms with van der Waals surface area (Å²) < 4.78 is 0. The fourth-order valence-corrected chi connectivity index (χ4v) is 0.589. The normalized spacial score (nSPS) is 21.0. The van der Waals surface area contributed by atoms with Gasteiger partial charge in [-0.1, -0.05) is 0 Å². The van der Waals surface area contributed by atoms with E-state index in [1.165, 1.54) is 0 Å². The number of aliphatic hydroxyl groups excluding tert-OH is 1. The lowest BCUT2D eigenvalue weighted by molar-refractivity contribution is -0.138. The minimum absolute atomic E-state index is 0.197. The smallest absolute Gasteiger partial charge is 0.232 e. The number of hydrogen-bond donors (Lipinski definition) is 3. The van der Waals surface area contributed by atoms with Crippen molar-refractivity contribution < 1.29 is 14.7 Å². The zero-order valence-electron chi connectivity index (χ0n) is 4.55. The first kappa shape index (κ1) is 6.03. The van der Waals surface area contributed by atoms with Gasteiger partial charge in [-0.15, -0.1) is 0 Å². The number of amides is 2. The van der Waals surface area contributed by atoms with Gasteiger partial charge >= 0.3 is 0 Å². The molecule has 0 aromatic rings. The third-order valence-corrected chi connectivity index (χ3v) is 0.917. The first-order valence-corrected chi connectivity index (χ1v) is 2.45. The molecule has 0 radical (unpaired) electrons. The Labute approximate surface area is 51.0 Å². The Balaban J connectivity index is 2.53. The largest absolute Gasteiger partial charge is 0.356 e. The van der Waals surface area contributed by atoms with Crippen LogP contribution in [0.5, 0.6) is 0 Å². The van der Waals surface area contributed by atoms with Crippen molar-refractivity contribution in [1.82, 2.24) is 10.6 Å². The summed E-state index contributed by atoms with van der Waals surface area (Å²) in [6.45, 7) is 0. The van der Waals surface area contributed by atoms with Crippen LogP contribution in [0.15, 0.2) is 0 Å². The van der Waals surface area contributed by atoms with Gasteiger partial charge in [0.15, 0.2) is 0 Å². The maximum absolute atomic E-state index is 10.4. The van der Waals surface area contributed by atoms with Crippen molar-refractivity contribution in [2.75, 3.05) is 0 Å². The van der Waals surface area contributed by atoms with Crippen molar-refractivity contribution in [3.63, 3.8) is 0 Å². The third kappa shape index (κ3) is 1.39. The second kappa shape index (κ2) is 2.02. The molecular weight excluding hydrogens is 124 g/mol. The monoisotopic (exact) mass is 130 g/mol. The third-order valence-electron chi connectivity index (χ3n) is 0.917. The number of carbonyl (C=O) groups is 2. The molecule has 0 unspecified atom stereocenters. The van der Waals surface area contributed by atoms with Crippen molar-refractivity contribution in [2.45, 2.75) is 12.8 Å². The summed E-state index contributed by atoms with van der Waals surface area (Å²) in [5.74, 6) is -0.905. The van der Waals surface area contributed by atoms with Crippen LogP contribution in [0, 0.1) is 0 Å². The van der Waals surface area contributed by atoms with Gasteiger partial charge in [0, 0.05) is 0 Å². The molecule has 1 heterocycles. The Morgan fingerprint density at radius 3 is 2.11 bits per heavy atom. The predicted molar refractivity (Wildman–Crippen MR) is 26.9 cm³/mol. The zero-order chi connectivity index (χ0) is 6.85. The van der Waals surface area contributed by atoms with E-state index in [1.807, 2.05) is 0 Å². The van der Waals surface area contributed by atoms with Gasteiger partial charge in [-0.25, -0.2) is 0 Å². The molecule has 9 heavy (non-hydrogen) atoms. The maximum atomic E-state index is 10.4. The van der Waals surface area contributed by atoms with E-state index in [9.17, 15) is 9.59 Å². The van der Waals surface area contributed by atoms with Gasteiger partial charge in [0.2, 0.25) is 18.2 Å². The zero-order valence-corrected chi connectivity index (χ0v) is 4.55. The van der Waals surface area contributed by atoms with Crippen molar-refractivity contribution in [1.29, 1.82) is 0 Å². The van der Waals surface area contributed by atoms with Gasteiger partial charge in [0.05, 0.1) is 0 Å². The summed E-state index contributed by atoms with van der Waals surface area (Å²) >= 11 is 0. The molecule has 0 aromatic heterocycles. The van der Waals surface area contributed by atoms with Gasteiger partial charge in [-0.05, 0) is 0 Å². The van der Waals surface area contributed by atoms with E-state index in [0.29, 0.717) is 0 Å². The Morgan fingerprint density at radius 1 is 1.33 bits per heavy atom. The van der Waals surface area contributed by atoms with Crippen LogP contribution in [0.1, 0.15) is 6.42 Å². The molecule has 1 rings (SSSR count). The highest BCUT2D eigenvalue weighted by molar-refractivity contribution is 5.98. The minimum Gasteiger partial charge on any atom is -0.356 e. The molecule has 1 saturated heterocycles. The maximum Gasteiger partial charge on any atom is 0.232 e. The van der Waals surface area contributed by atoms with Crippen molar-refractivity contribution in [3.05, 3.63) is 0 Å². The van der Waals surface area contributed by atoms with Crippen molar-refractivity contribution >= 4 is 11.8 Å². The lowest BCUT2D eigenvalue weighted by atomic mass is 10.3. The molecule has 50 valence electrons. The predicted octanol–water partition coefficient (Wildman–Crippen LogP) is -2.10. The first-order chi connectivity index (χ1) is 4.18. The molecule has 2 amide bonds. The average Bonchev–Trinajstić information content (AvgIpc) is 1.59. The van der Waals surface area contributed by atoms with E-state index in [-0.39, 0.29) is 6.42 Å². The number of hydrogen-bond acceptors (Lipinski definition) is 3. The Bertz CT molecular complexity index is 140. The van der Waals surface area contributed by atoms with Crippen LogP contribution in [-0.4, -0.2) is 23.3 Å². The van der Waals surface area contributed by atoms with E-state index >= 15 is 0 Å². The van der Waals surface area contributed by atoms with Gasteiger partial charge in [-0.3, -0.25) is 9.59 Å². The van der Waals surface area contributed by atoms with Crippen LogP contribution in [0.25, 0.3) is 0 Å². The second-order valence-electron chi connectivity index (χ2n) is 1.71. The highest BCUT2D eigenvalue weighted by Crippen LogP contribution is 1.88. The lowest BCUT2D eigenvalue weighted by Gasteiger charge is -2.18. The summed E-state index contributed by atoms with van der Waals surface area (Å²) in [7, 11) is 0. The highest BCUT2D eigenvalue weighted by Gasteiger charge is 2.20. The highest BCUT2D eigenvalue weighted by atomic mass is 16.3. The molecule has 0 spiro atoms. The topological polar surface area (TPSA) is 78.4 Å². The fourth-order valence-electron chi connectivity index (χ4n) is 0.589. The Hall–Kier alpha value is -1.10. The van der Waals surface area contributed by atoms with Gasteiger partial charge in [0.25, 0.3) is 0 Å². The summed E-state index contributed by atoms with van der Waals surface area (Å²) in [4.78, 5) is 20.7. The van der Waals surface area contributed by atoms with Crippen LogP contribution in [0.4, 0.5) is 0 Å². The summed E-state index contributed by atoms with van der Waals surface area (Å²) in [6, 6.07) is 0. The van der Waals surface area contributed by atoms with Crippen molar-refractivity contribution in [2.24, 2.45) is 0 Å². The van der Waals surface area contributed by atoms with Crippen molar-refractivity contribution in [3.8, 4) is 0 Å². The lowest BCUT2D eigenvalue weighted by Crippen LogP contribution is -2.54. The minimum atomic E-state index is -1.21. The van der Waals surface area contributed by atoms with E-state index < -0.39 is 18.2 Å². The van der Waals surface area contributed by atoms with Crippen LogP contribution in [-0.2, 0) is 9.59 Å². The van der Waals surface area contributed by atoms with E-state index in [0.717, 1.165) is 0 Å². The summed E-state index contributed by atoms with van der Waals surface area (Å²) in [5, 5.41) is 12.8. The average molecular weight is 130 g/mol. The number of nitrogens with one attached hydrogen (secondary N) is 2. The molecule has 0 atom stereocenters. The Kier molecular flexibility index (Phi) is 1.35. The van der Waals surface area contributed by atoms with Gasteiger partial charge < -0.3 is 15.7 Å². The molecule has 1 aliphatic rings. The number of aliphatic hydroxyl groups is 1. The van der Waals surface area contributed by atoms with Crippen LogP contribution in [0.2, 0.25) is 0 Å². The number of carbonyl (C=O) groups excluding carboxylic acids is 2.